The van der Waals surface area contributed by atoms with Gasteiger partial charge in [-0.1, -0.05) is 6.92 Å². The quantitative estimate of drug-likeness (QED) is 0.439. The Morgan fingerprint density at radius 1 is 1.57 bits per heavy atom. The number of hydrogen-bond donors (Lipinski definition) is 1. The fraction of sp³-hybridized carbons (Fsp3) is 1.00. The molecule has 7 heavy (non-hydrogen) atoms. The van der Waals surface area contributed by atoms with Gasteiger partial charge in [0.25, 0.3) is 0 Å². The second-order valence-corrected chi connectivity index (χ2v) is 2.23. The fourth-order valence-electron chi connectivity index (χ4n) is 0.743. The van der Waals surface area contributed by atoms with Crippen LogP contribution in [0.2, 0.25) is 0 Å². The number of rotatable bonds is 0. The Morgan fingerprint density at radius 3 is 2.43 bits per heavy atom. The SMILES string of the molecule is CC1C[N]CC1N. The molecule has 0 saturated carbocycles. The lowest BCUT2D eigenvalue weighted by Gasteiger charge is -2.03. The molecule has 1 radical (unpaired) electrons. The molecule has 0 amide bonds. The average Bonchev–Trinajstić information content (AvgIpc) is 1.91. The van der Waals surface area contributed by atoms with Crippen LogP contribution >= 0.6 is 0 Å². The van der Waals surface area contributed by atoms with Gasteiger partial charge in [-0.05, 0) is 5.92 Å². The first kappa shape index (κ1) is 5.06. The van der Waals surface area contributed by atoms with Gasteiger partial charge in [-0.3, -0.25) is 0 Å². The molecule has 1 heterocycles. The van der Waals surface area contributed by atoms with Gasteiger partial charge in [0.2, 0.25) is 0 Å². The largest absolute Gasteiger partial charge is 0.326 e. The molecule has 1 fully saturated rings. The molecule has 1 rings (SSSR count). The second-order valence-electron chi connectivity index (χ2n) is 2.23. The van der Waals surface area contributed by atoms with Gasteiger partial charge in [0.1, 0.15) is 0 Å². The summed E-state index contributed by atoms with van der Waals surface area (Å²) in [4.78, 5) is 0. The average molecular weight is 99.2 g/mol. The lowest BCUT2D eigenvalue weighted by atomic mass is 10.1. The summed E-state index contributed by atoms with van der Waals surface area (Å²) in [6.45, 7) is 3.99. The molecule has 1 saturated heterocycles. The van der Waals surface area contributed by atoms with Crippen LogP contribution in [-0.4, -0.2) is 19.1 Å². The van der Waals surface area contributed by atoms with E-state index < -0.39 is 0 Å². The zero-order chi connectivity index (χ0) is 5.28. The maximum Gasteiger partial charge on any atom is 0.0288 e. The highest BCUT2D eigenvalue weighted by molar-refractivity contribution is 4.79. The summed E-state index contributed by atoms with van der Waals surface area (Å²) in [7, 11) is 0. The normalized spacial score (nSPS) is 42.0. The van der Waals surface area contributed by atoms with Gasteiger partial charge >= 0.3 is 0 Å². The van der Waals surface area contributed by atoms with Crippen molar-refractivity contribution in [2.45, 2.75) is 13.0 Å². The number of nitrogens with zero attached hydrogens (tertiary/aromatic N) is 1. The van der Waals surface area contributed by atoms with Crippen LogP contribution in [0.5, 0.6) is 0 Å². The summed E-state index contributed by atoms with van der Waals surface area (Å²) in [6, 6.07) is 0.347. The van der Waals surface area contributed by atoms with E-state index >= 15 is 0 Å². The van der Waals surface area contributed by atoms with E-state index in [2.05, 4.69) is 12.2 Å². The van der Waals surface area contributed by atoms with Crippen LogP contribution in [0, 0.1) is 5.92 Å². The van der Waals surface area contributed by atoms with Gasteiger partial charge in [-0.25, -0.2) is 5.32 Å². The molecule has 0 spiro atoms. The van der Waals surface area contributed by atoms with E-state index in [0.29, 0.717) is 12.0 Å². The van der Waals surface area contributed by atoms with Crippen molar-refractivity contribution in [1.29, 1.82) is 0 Å². The first-order valence-corrected chi connectivity index (χ1v) is 2.69. The predicted octanol–water partition coefficient (Wildman–Crippen LogP) is -0.432. The molecule has 2 nitrogen and oxygen atoms in total. The number of nitrogens with two attached hydrogens (primary N) is 1. The highest BCUT2D eigenvalue weighted by Gasteiger charge is 2.18. The molecular formula is C5H11N2. The molecular weight excluding hydrogens is 88.1 g/mol. The monoisotopic (exact) mass is 99.1 g/mol. The molecule has 2 unspecified atom stereocenters. The lowest BCUT2D eigenvalue weighted by Crippen LogP contribution is -2.26. The summed E-state index contributed by atoms with van der Waals surface area (Å²) in [5.41, 5.74) is 5.58. The third-order valence-electron chi connectivity index (χ3n) is 1.49. The first-order chi connectivity index (χ1) is 3.30. The summed E-state index contributed by atoms with van der Waals surface area (Å²) in [5.74, 6) is 0.625. The van der Waals surface area contributed by atoms with Gasteiger partial charge < -0.3 is 5.73 Å². The van der Waals surface area contributed by atoms with Gasteiger partial charge in [0.15, 0.2) is 0 Å². The van der Waals surface area contributed by atoms with Gasteiger partial charge in [-0.15, -0.1) is 0 Å². The van der Waals surface area contributed by atoms with E-state index in [1.165, 1.54) is 0 Å². The van der Waals surface area contributed by atoms with Crippen molar-refractivity contribution in [2.24, 2.45) is 11.7 Å². The van der Waals surface area contributed by atoms with Crippen molar-refractivity contribution < 1.29 is 0 Å². The van der Waals surface area contributed by atoms with Crippen molar-refractivity contribution >= 4 is 0 Å². The zero-order valence-electron chi connectivity index (χ0n) is 4.59. The Morgan fingerprint density at radius 2 is 2.29 bits per heavy atom. The van der Waals surface area contributed by atoms with Crippen LogP contribution in [0.25, 0.3) is 0 Å². The molecule has 2 heteroatoms. The first-order valence-electron chi connectivity index (χ1n) is 2.69. The Hall–Kier alpha value is -0.0800. The zero-order valence-corrected chi connectivity index (χ0v) is 4.59. The fourth-order valence-corrected chi connectivity index (χ4v) is 0.743. The number of hydrogen-bond acceptors (Lipinski definition) is 1. The molecule has 0 aromatic heterocycles. The summed E-state index contributed by atoms with van der Waals surface area (Å²) in [6.07, 6.45) is 0. The molecule has 2 atom stereocenters. The van der Waals surface area contributed by atoms with E-state index in [9.17, 15) is 0 Å². The van der Waals surface area contributed by atoms with Crippen molar-refractivity contribution in [1.82, 2.24) is 5.32 Å². The Kier molecular flexibility index (Phi) is 1.30. The summed E-state index contributed by atoms with van der Waals surface area (Å²) < 4.78 is 0. The minimum atomic E-state index is 0.347. The summed E-state index contributed by atoms with van der Waals surface area (Å²) >= 11 is 0. The predicted molar refractivity (Wildman–Crippen MR) is 29.0 cm³/mol. The lowest BCUT2D eigenvalue weighted by molar-refractivity contribution is 0.565. The van der Waals surface area contributed by atoms with E-state index in [1.54, 1.807) is 0 Å². The van der Waals surface area contributed by atoms with Crippen LogP contribution in [0.15, 0.2) is 0 Å². The minimum absolute atomic E-state index is 0.347. The van der Waals surface area contributed by atoms with Crippen LogP contribution in [0.4, 0.5) is 0 Å². The summed E-state index contributed by atoms with van der Waals surface area (Å²) in [5, 5.41) is 4.12. The van der Waals surface area contributed by atoms with Crippen molar-refractivity contribution in [2.75, 3.05) is 13.1 Å². The standard InChI is InChI=1S/C5H11N2/c1-4-2-7-3-5(4)6/h4-5H,2-3,6H2,1H3. The highest BCUT2D eigenvalue weighted by atomic mass is 15.0. The van der Waals surface area contributed by atoms with E-state index in [4.69, 9.17) is 5.73 Å². The maximum atomic E-state index is 5.58. The molecule has 41 valence electrons. The third-order valence-corrected chi connectivity index (χ3v) is 1.49. The van der Waals surface area contributed by atoms with Crippen LogP contribution < -0.4 is 11.1 Å². The van der Waals surface area contributed by atoms with Gasteiger partial charge in [-0.2, -0.15) is 0 Å². The van der Waals surface area contributed by atoms with E-state index in [0.717, 1.165) is 13.1 Å². The van der Waals surface area contributed by atoms with Crippen LogP contribution in [0.3, 0.4) is 0 Å². The maximum absolute atomic E-state index is 5.58. The highest BCUT2D eigenvalue weighted by Crippen LogP contribution is 2.04. The van der Waals surface area contributed by atoms with Gasteiger partial charge in [0.05, 0.1) is 0 Å². The molecule has 0 bridgehead atoms. The molecule has 0 aromatic rings. The molecule has 0 aliphatic carbocycles. The Bertz CT molecular complexity index is 55.1. The minimum Gasteiger partial charge on any atom is -0.326 e. The Balaban J connectivity index is 2.33. The van der Waals surface area contributed by atoms with Crippen LogP contribution in [-0.2, 0) is 0 Å². The molecule has 0 aromatic carbocycles. The van der Waals surface area contributed by atoms with Crippen molar-refractivity contribution in [3.63, 3.8) is 0 Å². The Labute approximate surface area is 44.1 Å². The topological polar surface area (TPSA) is 40.1 Å². The smallest absolute Gasteiger partial charge is 0.0288 e. The molecule has 1 aliphatic rings. The van der Waals surface area contributed by atoms with E-state index in [-0.39, 0.29) is 0 Å². The van der Waals surface area contributed by atoms with Crippen molar-refractivity contribution in [3.05, 3.63) is 0 Å². The van der Waals surface area contributed by atoms with Gasteiger partial charge in [0, 0.05) is 19.1 Å². The van der Waals surface area contributed by atoms with Crippen LogP contribution in [0.1, 0.15) is 6.92 Å². The third kappa shape index (κ3) is 0.924. The molecule has 1 aliphatic heterocycles. The molecule has 2 N–H and O–H groups in total. The van der Waals surface area contributed by atoms with Crippen molar-refractivity contribution in [3.8, 4) is 0 Å². The second kappa shape index (κ2) is 1.80. The van der Waals surface area contributed by atoms with E-state index in [1.807, 2.05) is 0 Å².